The van der Waals surface area contributed by atoms with Crippen LogP contribution in [-0.2, 0) is 9.59 Å². The second-order valence-corrected chi connectivity index (χ2v) is 5.44. The van der Waals surface area contributed by atoms with Gasteiger partial charge >= 0.3 is 0 Å². The maximum atomic E-state index is 12.1. The van der Waals surface area contributed by atoms with Crippen LogP contribution in [0.15, 0.2) is 23.8 Å². The number of carbonyl (C=O) groups excluding carboxylic acids is 2. The predicted molar refractivity (Wildman–Crippen MR) is 86.3 cm³/mol. The molecule has 0 fully saturated rings. The SMILES string of the molecule is CC(=O)C(=Cc1ccc(Cl)c([N+](=O)[O-])c1)C(=O)CCCCCl. The van der Waals surface area contributed by atoms with Crippen LogP contribution in [0.25, 0.3) is 6.08 Å². The number of Topliss-reactive ketones (excluding diaryl/α,β-unsaturated/α-hetero) is 2. The van der Waals surface area contributed by atoms with Crippen LogP contribution in [-0.4, -0.2) is 22.4 Å². The fraction of sp³-hybridized carbons (Fsp3) is 0.333. The number of benzene rings is 1. The molecule has 0 bridgehead atoms. The van der Waals surface area contributed by atoms with Crippen LogP contribution >= 0.6 is 23.2 Å². The fourth-order valence-corrected chi connectivity index (χ4v) is 2.19. The van der Waals surface area contributed by atoms with Crippen molar-refractivity contribution >= 4 is 46.5 Å². The van der Waals surface area contributed by atoms with Crippen LogP contribution in [0.5, 0.6) is 0 Å². The summed E-state index contributed by atoms with van der Waals surface area (Å²) in [7, 11) is 0. The van der Waals surface area contributed by atoms with E-state index in [1.165, 1.54) is 31.2 Å². The van der Waals surface area contributed by atoms with Crippen molar-refractivity contribution in [3.05, 3.63) is 44.5 Å². The number of ketones is 2. The number of hydrogen-bond donors (Lipinski definition) is 0. The molecule has 0 atom stereocenters. The van der Waals surface area contributed by atoms with E-state index in [0.29, 0.717) is 24.3 Å². The van der Waals surface area contributed by atoms with Crippen LogP contribution in [0.1, 0.15) is 31.7 Å². The minimum atomic E-state index is -0.616. The summed E-state index contributed by atoms with van der Waals surface area (Å²) in [6.45, 7) is 1.29. The number of carbonyl (C=O) groups is 2. The van der Waals surface area contributed by atoms with Crippen molar-refractivity contribution in [2.45, 2.75) is 26.2 Å². The summed E-state index contributed by atoms with van der Waals surface area (Å²) in [6.07, 6.45) is 2.85. The molecule has 0 saturated carbocycles. The van der Waals surface area contributed by atoms with E-state index in [2.05, 4.69) is 0 Å². The van der Waals surface area contributed by atoms with E-state index in [9.17, 15) is 19.7 Å². The largest absolute Gasteiger partial charge is 0.294 e. The lowest BCUT2D eigenvalue weighted by molar-refractivity contribution is -0.384. The number of rotatable bonds is 8. The quantitative estimate of drug-likeness (QED) is 0.135. The lowest BCUT2D eigenvalue weighted by Crippen LogP contribution is -2.10. The predicted octanol–water partition coefficient (Wildman–Crippen LogP) is 4.20. The Morgan fingerprint density at radius 2 is 2.00 bits per heavy atom. The van der Waals surface area contributed by atoms with Crippen LogP contribution in [0.2, 0.25) is 5.02 Å². The van der Waals surface area contributed by atoms with Crippen LogP contribution in [0.3, 0.4) is 0 Å². The third-order valence-electron chi connectivity index (χ3n) is 2.95. The summed E-state index contributed by atoms with van der Waals surface area (Å²) < 4.78 is 0. The summed E-state index contributed by atoms with van der Waals surface area (Å²) >= 11 is 11.3. The molecule has 1 aromatic carbocycles. The minimum absolute atomic E-state index is 0.0000333. The van der Waals surface area contributed by atoms with Crippen molar-refractivity contribution in [2.75, 3.05) is 5.88 Å². The van der Waals surface area contributed by atoms with Gasteiger partial charge in [0.2, 0.25) is 0 Å². The Morgan fingerprint density at radius 3 is 2.55 bits per heavy atom. The Kier molecular flexibility index (Phi) is 7.21. The van der Waals surface area contributed by atoms with E-state index in [0.717, 1.165) is 0 Å². The van der Waals surface area contributed by atoms with Crippen molar-refractivity contribution in [3.63, 3.8) is 0 Å². The number of nitro benzene ring substituents is 1. The molecule has 1 aromatic rings. The van der Waals surface area contributed by atoms with Crippen molar-refractivity contribution < 1.29 is 14.5 Å². The highest BCUT2D eigenvalue weighted by Gasteiger charge is 2.16. The summed E-state index contributed by atoms with van der Waals surface area (Å²) in [6, 6.07) is 4.11. The van der Waals surface area contributed by atoms with Gasteiger partial charge in [0.25, 0.3) is 5.69 Å². The van der Waals surface area contributed by atoms with Gasteiger partial charge in [-0.05, 0) is 37.5 Å². The van der Waals surface area contributed by atoms with Crippen molar-refractivity contribution in [1.29, 1.82) is 0 Å². The lowest BCUT2D eigenvalue weighted by atomic mass is 10.00. The molecule has 0 unspecified atom stereocenters. The average molecular weight is 344 g/mol. The molecule has 118 valence electrons. The molecule has 0 aromatic heterocycles. The van der Waals surface area contributed by atoms with Gasteiger partial charge < -0.3 is 0 Å². The van der Waals surface area contributed by atoms with E-state index >= 15 is 0 Å². The normalized spacial score (nSPS) is 11.3. The molecule has 0 aliphatic carbocycles. The number of halogens is 2. The molecule has 0 radical (unpaired) electrons. The number of allylic oxidation sites excluding steroid dienone is 1. The Labute approximate surface area is 138 Å². The van der Waals surface area contributed by atoms with Gasteiger partial charge in [-0.3, -0.25) is 19.7 Å². The molecule has 7 heteroatoms. The first kappa shape index (κ1) is 18.3. The third-order valence-corrected chi connectivity index (χ3v) is 3.53. The van der Waals surface area contributed by atoms with Gasteiger partial charge in [0.05, 0.1) is 10.5 Å². The highest BCUT2D eigenvalue weighted by atomic mass is 35.5. The summed E-state index contributed by atoms with van der Waals surface area (Å²) in [5, 5.41) is 10.9. The molecule has 0 aliphatic heterocycles. The molecule has 0 saturated heterocycles. The highest BCUT2D eigenvalue weighted by Crippen LogP contribution is 2.26. The maximum absolute atomic E-state index is 12.1. The fourth-order valence-electron chi connectivity index (χ4n) is 1.82. The molecular weight excluding hydrogens is 329 g/mol. The minimum Gasteiger partial charge on any atom is -0.294 e. The number of unbranched alkanes of at least 4 members (excludes halogenated alkanes) is 1. The molecule has 0 spiro atoms. The van der Waals surface area contributed by atoms with Gasteiger partial charge in [0, 0.05) is 18.4 Å². The van der Waals surface area contributed by atoms with Crippen molar-refractivity contribution in [1.82, 2.24) is 0 Å². The molecule has 0 amide bonds. The molecule has 0 heterocycles. The molecule has 22 heavy (non-hydrogen) atoms. The van der Waals surface area contributed by atoms with Crippen molar-refractivity contribution in [3.8, 4) is 0 Å². The lowest BCUT2D eigenvalue weighted by Gasteiger charge is -2.04. The maximum Gasteiger partial charge on any atom is 0.288 e. The Hall–Kier alpha value is -1.72. The van der Waals surface area contributed by atoms with Gasteiger partial charge in [-0.25, -0.2) is 0 Å². The van der Waals surface area contributed by atoms with Gasteiger partial charge in [0.15, 0.2) is 11.6 Å². The van der Waals surface area contributed by atoms with E-state index in [1.807, 2.05) is 0 Å². The smallest absolute Gasteiger partial charge is 0.288 e. The van der Waals surface area contributed by atoms with Crippen LogP contribution in [0, 0.1) is 10.1 Å². The van der Waals surface area contributed by atoms with Crippen LogP contribution < -0.4 is 0 Å². The zero-order chi connectivity index (χ0) is 16.7. The van der Waals surface area contributed by atoms with E-state index in [4.69, 9.17) is 23.2 Å². The topological polar surface area (TPSA) is 77.3 Å². The first-order chi connectivity index (χ1) is 10.4. The van der Waals surface area contributed by atoms with Gasteiger partial charge in [-0.2, -0.15) is 0 Å². The van der Waals surface area contributed by atoms with Gasteiger partial charge in [-0.15, -0.1) is 11.6 Å². The molecule has 0 aliphatic rings. The Morgan fingerprint density at radius 1 is 1.32 bits per heavy atom. The second-order valence-electron chi connectivity index (χ2n) is 4.65. The number of alkyl halides is 1. The summed E-state index contributed by atoms with van der Waals surface area (Å²) in [4.78, 5) is 33.9. The van der Waals surface area contributed by atoms with E-state index < -0.39 is 4.92 Å². The second kappa shape index (κ2) is 8.66. The van der Waals surface area contributed by atoms with Crippen LogP contribution in [0.4, 0.5) is 5.69 Å². The standard InChI is InChI=1S/C15H15Cl2NO4/c1-10(19)12(15(20)4-2-3-7-16)8-11-5-6-13(17)14(9-11)18(21)22/h5-6,8-9H,2-4,7H2,1H3. The van der Waals surface area contributed by atoms with Gasteiger partial charge in [0.1, 0.15) is 5.02 Å². The summed E-state index contributed by atoms with van der Waals surface area (Å²) in [5.74, 6) is -0.223. The molecular formula is C15H15Cl2NO4. The number of hydrogen-bond acceptors (Lipinski definition) is 4. The first-order valence-electron chi connectivity index (χ1n) is 6.62. The van der Waals surface area contributed by atoms with E-state index in [-0.39, 0.29) is 34.3 Å². The highest BCUT2D eigenvalue weighted by molar-refractivity contribution is 6.32. The third kappa shape index (κ3) is 5.24. The van der Waals surface area contributed by atoms with Gasteiger partial charge in [-0.1, -0.05) is 17.7 Å². The Balaban J connectivity index is 3.08. The summed E-state index contributed by atoms with van der Waals surface area (Å²) in [5.41, 5.74) is 0.131. The van der Waals surface area contributed by atoms with E-state index in [1.54, 1.807) is 0 Å². The molecule has 0 N–H and O–H groups in total. The first-order valence-corrected chi connectivity index (χ1v) is 7.53. The monoisotopic (exact) mass is 343 g/mol. The molecule has 5 nitrogen and oxygen atoms in total. The van der Waals surface area contributed by atoms with Crippen molar-refractivity contribution in [2.24, 2.45) is 0 Å². The number of nitrogens with zero attached hydrogens (tertiary/aromatic N) is 1. The zero-order valence-corrected chi connectivity index (χ0v) is 13.5. The average Bonchev–Trinajstić information content (AvgIpc) is 2.45. The molecule has 1 rings (SSSR count). The number of nitro groups is 1. The Bertz CT molecular complexity index is 626. The zero-order valence-electron chi connectivity index (χ0n) is 12.0.